The van der Waals surface area contributed by atoms with Gasteiger partial charge in [0, 0.05) is 11.6 Å². The molecule has 17 heavy (non-hydrogen) atoms. The van der Waals surface area contributed by atoms with E-state index in [0.717, 1.165) is 18.2 Å². The fourth-order valence-electron chi connectivity index (χ4n) is 1.45. The molecule has 0 aliphatic heterocycles. The SMILES string of the molecule is Oc1ccc(-c2cc(F)c(Cl)c(F)c2)c(F)c1. The Kier molecular flexibility index (Phi) is 2.98. The number of halogens is 4. The van der Waals surface area contributed by atoms with Crippen LogP contribution in [0.3, 0.4) is 0 Å². The van der Waals surface area contributed by atoms with Crippen LogP contribution in [-0.2, 0) is 0 Å². The van der Waals surface area contributed by atoms with Crippen molar-refractivity contribution in [3.8, 4) is 16.9 Å². The number of hydrogen-bond donors (Lipinski definition) is 1. The molecule has 2 rings (SSSR count). The molecule has 0 aliphatic carbocycles. The Bertz CT molecular complexity index is 561. The molecule has 0 radical (unpaired) electrons. The highest BCUT2D eigenvalue weighted by Crippen LogP contribution is 2.30. The van der Waals surface area contributed by atoms with Crippen LogP contribution in [0, 0.1) is 17.5 Å². The molecule has 0 spiro atoms. The smallest absolute Gasteiger partial charge is 0.145 e. The molecule has 0 saturated carbocycles. The molecule has 5 heteroatoms. The van der Waals surface area contributed by atoms with Crippen molar-refractivity contribution in [2.24, 2.45) is 0 Å². The van der Waals surface area contributed by atoms with Crippen molar-refractivity contribution in [3.05, 3.63) is 52.8 Å². The van der Waals surface area contributed by atoms with E-state index in [9.17, 15) is 13.2 Å². The van der Waals surface area contributed by atoms with E-state index >= 15 is 0 Å². The maximum Gasteiger partial charge on any atom is 0.145 e. The molecule has 2 aromatic rings. The van der Waals surface area contributed by atoms with Gasteiger partial charge in [-0.2, -0.15) is 0 Å². The van der Waals surface area contributed by atoms with Crippen molar-refractivity contribution < 1.29 is 18.3 Å². The minimum atomic E-state index is -0.964. The van der Waals surface area contributed by atoms with E-state index in [4.69, 9.17) is 16.7 Å². The predicted molar refractivity (Wildman–Crippen MR) is 58.4 cm³/mol. The zero-order chi connectivity index (χ0) is 12.6. The van der Waals surface area contributed by atoms with Gasteiger partial charge in [0.2, 0.25) is 0 Å². The Morgan fingerprint density at radius 1 is 0.882 bits per heavy atom. The van der Waals surface area contributed by atoms with Gasteiger partial charge in [0.1, 0.15) is 28.2 Å². The third-order valence-electron chi connectivity index (χ3n) is 2.25. The average molecular weight is 259 g/mol. The summed E-state index contributed by atoms with van der Waals surface area (Å²) in [5, 5.41) is 8.40. The van der Waals surface area contributed by atoms with E-state index in [1.807, 2.05) is 0 Å². The molecular formula is C12H6ClF3O. The van der Waals surface area contributed by atoms with Crippen LogP contribution in [0.25, 0.3) is 11.1 Å². The summed E-state index contributed by atoms with van der Waals surface area (Å²) in [6.07, 6.45) is 0. The first-order valence-electron chi connectivity index (χ1n) is 4.62. The monoisotopic (exact) mass is 258 g/mol. The molecule has 0 atom stereocenters. The van der Waals surface area contributed by atoms with Gasteiger partial charge in [-0.25, -0.2) is 13.2 Å². The Hall–Kier alpha value is -1.68. The number of phenols is 1. The Morgan fingerprint density at radius 2 is 1.47 bits per heavy atom. The van der Waals surface area contributed by atoms with Crippen LogP contribution >= 0.6 is 11.6 Å². The molecule has 0 aromatic heterocycles. The summed E-state index contributed by atoms with van der Waals surface area (Å²) >= 11 is 5.32. The molecule has 88 valence electrons. The summed E-state index contributed by atoms with van der Waals surface area (Å²) in [5.41, 5.74) is -0.000772. The standard InChI is InChI=1S/C12H6ClF3O/c13-12-10(15)3-6(4-11(12)16)8-2-1-7(17)5-9(8)14/h1-5,17H. The zero-order valence-corrected chi connectivity index (χ0v) is 9.10. The molecule has 0 unspecified atom stereocenters. The van der Waals surface area contributed by atoms with Crippen molar-refractivity contribution in [1.29, 1.82) is 0 Å². The number of benzene rings is 2. The number of phenolic OH excluding ortho intramolecular Hbond substituents is 1. The summed E-state index contributed by atoms with van der Waals surface area (Å²) in [6, 6.07) is 5.18. The normalized spacial score (nSPS) is 10.6. The lowest BCUT2D eigenvalue weighted by Gasteiger charge is -2.06. The maximum atomic E-state index is 13.5. The summed E-state index contributed by atoms with van der Waals surface area (Å²) < 4.78 is 39.8. The van der Waals surface area contributed by atoms with Crippen molar-refractivity contribution in [2.75, 3.05) is 0 Å². The highest BCUT2D eigenvalue weighted by Gasteiger charge is 2.12. The first kappa shape index (κ1) is 11.8. The van der Waals surface area contributed by atoms with Crippen molar-refractivity contribution in [3.63, 3.8) is 0 Å². The van der Waals surface area contributed by atoms with Gasteiger partial charge in [-0.05, 0) is 29.8 Å². The molecule has 0 bridgehead atoms. The summed E-state index contributed by atoms with van der Waals surface area (Å²) in [5.74, 6) is -2.96. The van der Waals surface area contributed by atoms with Gasteiger partial charge in [-0.1, -0.05) is 11.6 Å². The molecular weight excluding hydrogens is 253 g/mol. The Labute approximate surface area is 100 Å². The lowest BCUT2D eigenvalue weighted by atomic mass is 10.0. The van der Waals surface area contributed by atoms with Gasteiger partial charge in [0.15, 0.2) is 0 Å². The van der Waals surface area contributed by atoms with Crippen molar-refractivity contribution in [2.45, 2.75) is 0 Å². The lowest BCUT2D eigenvalue weighted by Crippen LogP contribution is -1.89. The van der Waals surface area contributed by atoms with Crippen molar-refractivity contribution >= 4 is 11.6 Å². The first-order valence-corrected chi connectivity index (χ1v) is 5.00. The van der Waals surface area contributed by atoms with E-state index in [-0.39, 0.29) is 16.9 Å². The summed E-state index contributed by atoms with van der Waals surface area (Å²) in [7, 11) is 0. The third-order valence-corrected chi connectivity index (χ3v) is 2.61. The summed E-state index contributed by atoms with van der Waals surface area (Å²) in [4.78, 5) is 0. The molecule has 1 N–H and O–H groups in total. The molecule has 2 aromatic carbocycles. The van der Waals surface area contributed by atoms with Crippen LogP contribution in [0.2, 0.25) is 5.02 Å². The minimum absolute atomic E-state index is 0.0156. The second kappa shape index (κ2) is 4.30. The van der Waals surface area contributed by atoms with E-state index in [0.29, 0.717) is 0 Å². The Balaban J connectivity index is 2.61. The molecule has 0 fully saturated rings. The van der Waals surface area contributed by atoms with Crippen LogP contribution in [0.1, 0.15) is 0 Å². The lowest BCUT2D eigenvalue weighted by molar-refractivity contribution is 0.469. The van der Waals surface area contributed by atoms with Crippen LogP contribution in [-0.4, -0.2) is 5.11 Å². The van der Waals surface area contributed by atoms with Crippen LogP contribution in [0.5, 0.6) is 5.75 Å². The second-order valence-electron chi connectivity index (χ2n) is 3.42. The molecule has 0 saturated heterocycles. The fraction of sp³-hybridized carbons (Fsp3) is 0. The van der Waals surface area contributed by atoms with E-state index in [2.05, 4.69) is 0 Å². The number of rotatable bonds is 1. The van der Waals surface area contributed by atoms with Gasteiger partial charge in [-0.15, -0.1) is 0 Å². The topological polar surface area (TPSA) is 20.2 Å². The molecule has 0 aliphatic rings. The zero-order valence-electron chi connectivity index (χ0n) is 8.35. The quantitative estimate of drug-likeness (QED) is 0.763. The van der Waals surface area contributed by atoms with Gasteiger partial charge >= 0.3 is 0 Å². The largest absolute Gasteiger partial charge is 0.508 e. The van der Waals surface area contributed by atoms with Crippen LogP contribution in [0.4, 0.5) is 13.2 Å². The maximum absolute atomic E-state index is 13.5. The minimum Gasteiger partial charge on any atom is -0.508 e. The van der Waals surface area contributed by atoms with E-state index in [1.165, 1.54) is 12.1 Å². The summed E-state index contributed by atoms with van der Waals surface area (Å²) in [6.45, 7) is 0. The van der Waals surface area contributed by atoms with Gasteiger partial charge < -0.3 is 5.11 Å². The number of hydrogen-bond acceptors (Lipinski definition) is 1. The first-order chi connectivity index (χ1) is 7.99. The van der Waals surface area contributed by atoms with Crippen LogP contribution in [0.15, 0.2) is 30.3 Å². The Morgan fingerprint density at radius 3 is 2.00 bits per heavy atom. The van der Waals surface area contributed by atoms with E-state index in [1.54, 1.807) is 0 Å². The van der Waals surface area contributed by atoms with Gasteiger partial charge in [0.05, 0.1) is 0 Å². The third kappa shape index (κ3) is 2.22. The highest BCUT2D eigenvalue weighted by atomic mass is 35.5. The average Bonchev–Trinajstić information content (AvgIpc) is 2.25. The predicted octanol–water partition coefficient (Wildman–Crippen LogP) is 4.13. The molecule has 1 nitrogen and oxygen atoms in total. The second-order valence-corrected chi connectivity index (χ2v) is 3.80. The molecule has 0 heterocycles. The van der Waals surface area contributed by atoms with Crippen LogP contribution < -0.4 is 0 Å². The van der Waals surface area contributed by atoms with Crippen molar-refractivity contribution in [1.82, 2.24) is 0 Å². The van der Waals surface area contributed by atoms with E-state index < -0.39 is 22.5 Å². The number of aromatic hydroxyl groups is 1. The fourth-order valence-corrected chi connectivity index (χ4v) is 1.56. The molecule has 0 amide bonds. The van der Waals surface area contributed by atoms with Gasteiger partial charge in [-0.3, -0.25) is 0 Å². The van der Waals surface area contributed by atoms with Gasteiger partial charge in [0.25, 0.3) is 0 Å². The highest BCUT2D eigenvalue weighted by molar-refractivity contribution is 6.31.